The van der Waals surface area contributed by atoms with E-state index in [2.05, 4.69) is 5.10 Å². The standard InChI is InChI=1S/C9H11N3O3/c1-2-15-9(14)7-6-11-12(8(7)13)5-3-4-10/h6-7H,2-3,5H2,1H3. The number of hydrazone groups is 1. The summed E-state index contributed by atoms with van der Waals surface area (Å²) < 4.78 is 4.71. The molecule has 15 heavy (non-hydrogen) atoms. The fourth-order valence-corrected chi connectivity index (χ4v) is 1.15. The summed E-state index contributed by atoms with van der Waals surface area (Å²) in [4.78, 5) is 22.8. The number of rotatable bonds is 4. The Balaban J connectivity index is 2.54. The monoisotopic (exact) mass is 209 g/mol. The first kappa shape index (κ1) is 11.2. The van der Waals surface area contributed by atoms with Crippen LogP contribution in [0.3, 0.4) is 0 Å². The second-order valence-electron chi connectivity index (χ2n) is 2.86. The Labute approximate surface area is 87.1 Å². The summed E-state index contributed by atoms with van der Waals surface area (Å²) in [6.07, 6.45) is 1.44. The third-order valence-corrected chi connectivity index (χ3v) is 1.85. The van der Waals surface area contributed by atoms with Crippen LogP contribution in [0.15, 0.2) is 5.10 Å². The fourth-order valence-electron chi connectivity index (χ4n) is 1.15. The van der Waals surface area contributed by atoms with Gasteiger partial charge < -0.3 is 4.74 Å². The van der Waals surface area contributed by atoms with E-state index in [0.717, 1.165) is 5.01 Å². The Bertz CT molecular complexity index is 332. The van der Waals surface area contributed by atoms with Crippen LogP contribution in [0.1, 0.15) is 13.3 Å². The zero-order chi connectivity index (χ0) is 11.3. The Morgan fingerprint density at radius 1 is 1.80 bits per heavy atom. The molecule has 1 amide bonds. The van der Waals surface area contributed by atoms with Gasteiger partial charge in [0.15, 0.2) is 5.92 Å². The quantitative estimate of drug-likeness (QED) is 0.478. The molecule has 0 spiro atoms. The van der Waals surface area contributed by atoms with E-state index in [1.807, 2.05) is 6.07 Å². The maximum Gasteiger partial charge on any atom is 0.324 e. The van der Waals surface area contributed by atoms with Gasteiger partial charge in [-0.3, -0.25) is 9.59 Å². The van der Waals surface area contributed by atoms with Gasteiger partial charge in [0.2, 0.25) is 0 Å². The van der Waals surface area contributed by atoms with E-state index >= 15 is 0 Å². The van der Waals surface area contributed by atoms with Crippen molar-refractivity contribution in [3.05, 3.63) is 0 Å². The first-order chi connectivity index (χ1) is 7.20. The molecule has 0 aromatic carbocycles. The van der Waals surface area contributed by atoms with E-state index < -0.39 is 17.8 Å². The molecule has 0 saturated heterocycles. The molecular weight excluding hydrogens is 198 g/mol. The van der Waals surface area contributed by atoms with Crippen LogP contribution in [-0.4, -0.2) is 36.3 Å². The van der Waals surface area contributed by atoms with Gasteiger partial charge in [0.05, 0.1) is 25.6 Å². The number of hydrogen-bond acceptors (Lipinski definition) is 5. The number of hydrogen-bond donors (Lipinski definition) is 0. The number of carbonyl (C=O) groups excluding carboxylic acids is 2. The Morgan fingerprint density at radius 3 is 3.13 bits per heavy atom. The van der Waals surface area contributed by atoms with Crippen molar-refractivity contribution >= 4 is 18.1 Å². The van der Waals surface area contributed by atoms with Crippen molar-refractivity contribution in [3.8, 4) is 6.07 Å². The molecule has 0 aromatic rings. The van der Waals surface area contributed by atoms with Crippen LogP contribution in [0.5, 0.6) is 0 Å². The SMILES string of the molecule is CCOC(=O)C1C=NN(CCC#N)C1=O. The summed E-state index contributed by atoms with van der Waals surface area (Å²) in [6, 6.07) is 1.90. The lowest BCUT2D eigenvalue weighted by Gasteiger charge is -2.11. The van der Waals surface area contributed by atoms with Gasteiger partial charge in [-0.25, -0.2) is 5.01 Å². The molecule has 1 aliphatic heterocycles. The summed E-state index contributed by atoms with van der Waals surface area (Å²) in [5.74, 6) is -1.96. The fraction of sp³-hybridized carbons (Fsp3) is 0.556. The summed E-state index contributed by atoms with van der Waals surface area (Å²) in [5, 5.41) is 13.2. The van der Waals surface area contributed by atoms with Crippen molar-refractivity contribution < 1.29 is 14.3 Å². The minimum atomic E-state index is -0.941. The molecule has 0 aromatic heterocycles. The number of amides is 1. The van der Waals surface area contributed by atoms with Crippen molar-refractivity contribution in [2.45, 2.75) is 13.3 Å². The maximum atomic E-state index is 11.5. The molecule has 0 aliphatic carbocycles. The molecule has 1 unspecified atom stereocenters. The molecule has 0 saturated carbocycles. The number of esters is 1. The third-order valence-electron chi connectivity index (χ3n) is 1.85. The van der Waals surface area contributed by atoms with Crippen molar-refractivity contribution in [2.75, 3.05) is 13.2 Å². The lowest BCUT2D eigenvalue weighted by Crippen LogP contribution is -2.32. The van der Waals surface area contributed by atoms with Gasteiger partial charge in [-0.05, 0) is 6.92 Å². The lowest BCUT2D eigenvalue weighted by molar-refractivity contribution is -0.150. The van der Waals surface area contributed by atoms with E-state index in [1.54, 1.807) is 6.92 Å². The average molecular weight is 209 g/mol. The summed E-state index contributed by atoms with van der Waals surface area (Å²) in [6.45, 7) is 2.11. The number of carbonyl (C=O) groups is 2. The second-order valence-corrected chi connectivity index (χ2v) is 2.86. The molecule has 0 radical (unpaired) electrons. The molecule has 80 valence electrons. The molecule has 1 atom stereocenters. The minimum absolute atomic E-state index is 0.193. The minimum Gasteiger partial charge on any atom is -0.465 e. The first-order valence-electron chi connectivity index (χ1n) is 4.59. The van der Waals surface area contributed by atoms with Gasteiger partial charge in [-0.1, -0.05) is 0 Å². The van der Waals surface area contributed by atoms with Gasteiger partial charge >= 0.3 is 5.97 Å². The van der Waals surface area contributed by atoms with E-state index in [1.165, 1.54) is 6.21 Å². The first-order valence-corrected chi connectivity index (χ1v) is 4.59. The molecule has 1 heterocycles. The normalized spacial score (nSPS) is 19.1. The maximum absolute atomic E-state index is 11.5. The van der Waals surface area contributed by atoms with Crippen molar-refractivity contribution in [3.63, 3.8) is 0 Å². The van der Waals surface area contributed by atoms with Crippen LogP contribution in [0.25, 0.3) is 0 Å². The van der Waals surface area contributed by atoms with E-state index in [9.17, 15) is 9.59 Å². The number of nitriles is 1. The average Bonchev–Trinajstić information content (AvgIpc) is 2.57. The molecule has 1 aliphatic rings. The molecule has 6 nitrogen and oxygen atoms in total. The smallest absolute Gasteiger partial charge is 0.324 e. The summed E-state index contributed by atoms with van der Waals surface area (Å²) >= 11 is 0. The highest BCUT2D eigenvalue weighted by Gasteiger charge is 2.34. The molecule has 0 N–H and O–H groups in total. The predicted octanol–water partition coefficient (Wildman–Crippen LogP) is -0.0926. The van der Waals surface area contributed by atoms with Gasteiger partial charge in [-0.2, -0.15) is 10.4 Å². The predicted molar refractivity (Wildman–Crippen MR) is 50.6 cm³/mol. The largest absolute Gasteiger partial charge is 0.465 e. The Kier molecular flexibility index (Phi) is 3.80. The van der Waals surface area contributed by atoms with E-state index in [0.29, 0.717) is 0 Å². The molecule has 0 fully saturated rings. The molecule has 1 rings (SSSR count). The zero-order valence-electron chi connectivity index (χ0n) is 8.34. The number of nitrogens with zero attached hydrogens (tertiary/aromatic N) is 3. The highest BCUT2D eigenvalue weighted by molar-refractivity contribution is 6.13. The van der Waals surface area contributed by atoms with Crippen molar-refractivity contribution in [1.29, 1.82) is 5.26 Å². The van der Waals surface area contributed by atoms with Crippen molar-refractivity contribution in [2.24, 2.45) is 11.0 Å². The highest BCUT2D eigenvalue weighted by Crippen LogP contribution is 2.11. The number of ether oxygens (including phenoxy) is 1. The van der Waals surface area contributed by atoms with Gasteiger partial charge in [-0.15, -0.1) is 0 Å². The van der Waals surface area contributed by atoms with Crippen LogP contribution >= 0.6 is 0 Å². The van der Waals surface area contributed by atoms with Crippen LogP contribution in [0.4, 0.5) is 0 Å². The molecular formula is C9H11N3O3. The van der Waals surface area contributed by atoms with Crippen LogP contribution < -0.4 is 0 Å². The third kappa shape index (κ3) is 2.53. The lowest BCUT2D eigenvalue weighted by atomic mass is 10.1. The van der Waals surface area contributed by atoms with E-state index in [4.69, 9.17) is 10.00 Å². The van der Waals surface area contributed by atoms with Crippen molar-refractivity contribution in [1.82, 2.24) is 5.01 Å². The van der Waals surface area contributed by atoms with Crippen LogP contribution in [0.2, 0.25) is 0 Å². The van der Waals surface area contributed by atoms with Crippen LogP contribution in [-0.2, 0) is 14.3 Å². The van der Waals surface area contributed by atoms with Gasteiger partial charge in [0.1, 0.15) is 0 Å². The van der Waals surface area contributed by atoms with Gasteiger partial charge in [0.25, 0.3) is 5.91 Å². The second kappa shape index (κ2) is 5.10. The van der Waals surface area contributed by atoms with Gasteiger partial charge in [0, 0.05) is 6.21 Å². The molecule has 6 heteroatoms. The van der Waals surface area contributed by atoms with Crippen LogP contribution in [0, 0.1) is 17.2 Å². The summed E-state index contributed by atoms with van der Waals surface area (Å²) in [7, 11) is 0. The Hall–Kier alpha value is -1.90. The van der Waals surface area contributed by atoms with E-state index in [-0.39, 0.29) is 19.6 Å². The highest BCUT2D eigenvalue weighted by atomic mass is 16.5. The summed E-state index contributed by atoms with van der Waals surface area (Å²) in [5.41, 5.74) is 0. The molecule has 0 bridgehead atoms. The zero-order valence-corrected chi connectivity index (χ0v) is 8.34. The Morgan fingerprint density at radius 2 is 2.53 bits per heavy atom. The topological polar surface area (TPSA) is 82.8 Å².